The highest BCUT2D eigenvalue weighted by molar-refractivity contribution is 7.90. The van der Waals surface area contributed by atoms with Gasteiger partial charge < -0.3 is 15.5 Å². The van der Waals surface area contributed by atoms with Crippen LogP contribution in [-0.2, 0) is 14.6 Å². The third kappa shape index (κ3) is 4.76. The van der Waals surface area contributed by atoms with Crippen molar-refractivity contribution in [1.82, 2.24) is 0 Å². The lowest BCUT2D eigenvalue weighted by Crippen LogP contribution is -2.22. The zero-order valence-electron chi connectivity index (χ0n) is 14.7. The van der Waals surface area contributed by atoms with Crippen LogP contribution in [0.2, 0.25) is 0 Å². The van der Waals surface area contributed by atoms with E-state index in [0.29, 0.717) is 5.69 Å². The fraction of sp³-hybridized carbons (Fsp3) is 0.316. The van der Waals surface area contributed by atoms with Crippen molar-refractivity contribution in [2.24, 2.45) is 0 Å². The minimum absolute atomic E-state index is 0.0566. The lowest BCUT2D eigenvalue weighted by Gasteiger charge is -2.17. The topological polar surface area (TPSA) is 78.5 Å². The highest BCUT2D eigenvalue weighted by Crippen LogP contribution is 2.22. The monoisotopic (exact) mass is 373 g/mol. The van der Waals surface area contributed by atoms with E-state index in [2.05, 4.69) is 15.5 Å². The van der Waals surface area contributed by atoms with Gasteiger partial charge in [0.05, 0.1) is 11.4 Å². The molecule has 0 aliphatic carbocycles. The Morgan fingerprint density at radius 2 is 1.73 bits per heavy atom. The number of benzene rings is 2. The number of carbonyl (C=O) groups is 1. The Hall–Kier alpha value is -2.54. The highest BCUT2D eigenvalue weighted by atomic mass is 32.2. The Bertz CT molecular complexity index is 873. The molecule has 0 bridgehead atoms. The summed E-state index contributed by atoms with van der Waals surface area (Å²) >= 11 is 0. The van der Waals surface area contributed by atoms with Crippen molar-refractivity contribution in [3.63, 3.8) is 0 Å². The van der Waals surface area contributed by atoms with Crippen molar-refractivity contribution < 1.29 is 13.2 Å². The number of hydrogen-bond donors (Lipinski definition) is 2. The SMILES string of the molecule is CS(=O)(=O)c1cccc(NCC(=O)Nc2ccc(N3CCCC3)cc2)c1. The predicted octanol–water partition coefficient (Wildman–Crippen LogP) is 2.74. The first-order valence-electron chi connectivity index (χ1n) is 8.61. The molecule has 1 amide bonds. The van der Waals surface area contributed by atoms with E-state index in [4.69, 9.17) is 0 Å². The van der Waals surface area contributed by atoms with Gasteiger partial charge in [-0.2, -0.15) is 0 Å². The van der Waals surface area contributed by atoms with Crippen molar-refractivity contribution in [3.05, 3.63) is 48.5 Å². The lowest BCUT2D eigenvalue weighted by molar-refractivity contribution is -0.114. The Morgan fingerprint density at radius 3 is 2.38 bits per heavy atom. The first kappa shape index (κ1) is 18.3. The van der Waals surface area contributed by atoms with E-state index in [-0.39, 0.29) is 17.3 Å². The van der Waals surface area contributed by atoms with E-state index in [1.807, 2.05) is 24.3 Å². The number of carbonyl (C=O) groups excluding carboxylic acids is 1. The first-order chi connectivity index (χ1) is 12.4. The van der Waals surface area contributed by atoms with E-state index in [0.717, 1.165) is 25.0 Å². The van der Waals surface area contributed by atoms with Crippen molar-refractivity contribution in [2.45, 2.75) is 17.7 Å². The molecule has 3 rings (SSSR count). The maximum absolute atomic E-state index is 12.1. The van der Waals surface area contributed by atoms with Crippen molar-refractivity contribution in [2.75, 3.05) is 41.4 Å². The molecule has 1 aliphatic rings. The summed E-state index contributed by atoms with van der Waals surface area (Å²) in [5, 5.41) is 5.79. The second-order valence-electron chi connectivity index (χ2n) is 6.44. The molecule has 2 aromatic carbocycles. The molecule has 0 spiro atoms. The van der Waals surface area contributed by atoms with Crippen LogP contribution >= 0.6 is 0 Å². The zero-order chi connectivity index (χ0) is 18.6. The van der Waals surface area contributed by atoms with E-state index >= 15 is 0 Å². The van der Waals surface area contributed by atoms with E-state index in [9.17, 15) is 13.2 Å². The van der Waals surface area contributed by atoms with E-state index < -0.39 is 9.84 Å². The molecule has 0 unspecified atom stereocenters. The summed E-state index contributed by atoms with van der Waals surface area (Å²) in [6.07, 6.45) is 3.61. The normalized spacial score (nSPS) is 14.3. The average molecular weight is 373 g/mol. The van der Waals surface area contributed by atoms with Crippen LogP contribution in [0.1, 0.15) is 12.8 Å². The molecule has 138 valence electrons. The highest BCUT2D eigenvalue weighted by Gasteiger charge is 2.12. The summed E-state index contributed by atoms with van der Waals surface area (Å²) in [6.45, 7) is 2.23. The van der Waals surface area contributed by atoms with Gasteiger partial charge in [-0.05, 0) is 55.3 Å². The fourth-order valence-electron chi connectivity index (χ4n) is 2.96. The first-order valence-corrected chi connectivity index (χ1v) is 10.5. The number of nitrogens with one attached hydrogen (secondary N) is 2. The standard InChI is InChI=1S/C19H23N3O3S/c1-26(24,25)18-6-4-5-16(13-18)20-14-19(23)21-15-7-9-17(10-8-15)22-11-2-3-12-22/h4-10,13,20H,2-3,11-12,14H2,1H3,(H,21,23). The smallest absolute Gasteiger partial charge is 0.243 e. The molecule has 0 saturated carbocycles. The minimum Gasteiger partial charge on any atom is -0.376 e. The molecular weight excluding hydrogens is 350 g/mol. The number of sulfone groups is 1. The maximum atomic E-state index is 12.1. The summed E-state index contributed by atoms with van der Waals surface area (Å²) in [5.74, 6) is -0.191. The molecule has 0 aromatic heterocycles. The quantitative estimate of drug-likeness (QED) is 0.814. The van der Waals surface area contributed by atoms with Gasteiger partial charge in [0, 0.05) is 36.4 Å². The van der Waals surface area contributed by atoms with Crippen LogP contribution in [0.5, 0.6) is 0 Å². The Kier molecular flexibility index (Phi) is 5.46. The fourth-order valence-corrected chi connectivity index (χ4v) is 3.62. The lowest BCUT2D eigenvalue weighted by atomic mass is 10.2. The van der Waals surface area contributed by atoms with Crippen LogP contribution in [0.3, 0.4) is 0 Å². The molecule has 26 heavy (non-hydrogen) atoms. The summed E-state index contributed by atoms with van der Waals surface area (Å²) in [7, 11) is -3.27. The Balaban J connectivity index is 1.54. The average Bonchev–Trinajstić information content (AvgIpc) is 3.15. The molecule has 1 aliphatic heterocycles. The third-order valence-electron chi connectivity index (χ3n) is 4.34. The van der Waals surface area contributed by atoms with Gasteiger partial charge >= 0.3 is 0 Å². The third-order valence-corrected chi connectivity index (χ3v) is 5.45. The van der Waals surface area contributed by atoms with Gasteiger partial charge in [-0.1, -0.05) is 6.07 Å². The number of hydrogen-bond acceptors (Lipinski definition) is 5. The van der Waals surface area contributed by atoms with Crippen molar-refractivity contribution in [1.29, 1.82) is 0 Å². The summed E-state index contributed by atoms with van der Waals surface area (Å²) in [6, 6.07) is 14.3. The molecule has 6 nitrogen and oxygen atoms in total. The molecule has 1 fully saturated rings. The zero-order valence-corrected chi connectivity index (χ0v) is 15.6. The summed E-state index contributed by atoms with van der Waals surface area (Å²) in [5.41, 5.74) is 2.51. The number of nitrogens with zero attached hydrogens (tertiary/aromatic N) is 1. The van der Waals surface area contributed by atoms with Gasteiger partial charge in [0.1, 0.15) is 0 Å². The van der Waals surface area contributed by atoms with Crippen LogP contribution in [0.4, 0.5) is 17.1 Å². The summed E-state index contributed by atoms with van der Waals surface area (Å²) < 4.78 is 23.2. The van der Waals surface area contributed by atoms with Gasteiger partial charge in [-0.3, -0.25) is 4.79 Å². The second kappa shape index (κ2) is 7.78. The second-order valence-corrected chi connectivity index (χ2v) is 8.46. The molecule has 1 heterocycles. The van der Waals surface area contributed by atoms with Crippen LogP contribution in [-0.4, -0.2) is 40.2 Å². The van der Waals surface area contributed by atoms with Gasteiger partial charge in [-0.15, -0.1) is 0 Å². The van der Waals surface area contributed by atoms with E-state index in [1.165, 1.54) is 30.7 Å². The van der Waals surface area contributed by atoms with Gasteiger partial charge in [0.15, 0.2) is 9.84 Å². The van der Waals surface area contributed by atoms with Gasteiger partial charge in [-0.25, -0.2) is 8.42 Å². The molecule has 2 aromatic rings. The van der Waals surface area contributed by atoms with Gasteiger partial charge in [0.2, 0.25) is 5.91 Å². The predicted molar refractivity (Wildman–Crippen MR) is 105 cm³/mol. The van der Waals surface area contributed by atoms with Crippen molar-refractivity contribution in [3.8, 4) is 0 Å². The molecule has 2 N–H and O–H groups in total. The Labute approximate surface area is 154 Å². The molecule has 1 saturated heterocycles. The van der Waals surface area contributed by atoms with Crippen molar-refractivity contribution >= 4 is 32.8 Å². The van der Waals surface area contributed by atoms with Gasteiger partial charge in [0.25, 0.3) is 0 Å². The summed E-state index contributed by atoms with van der Waals surface area (Å²) in [4.78, 5) is 14.7. The number of rotatable bonds is 6. The maximum Gasteiger partial charge on any atom is 0.243 e. The van der Waals surface area contributed by atoms with Crippen LogP contribution in [0, 0.1) is 0 Å². The van der Waals surface area contributed by atoms with E-state index in [1.54, 1.807) is 12.1 Å². The molecule has 0 radical (unpaired) electrons. The number of anilines is 3. The molecular formula is C19H23N3O3S. The Morgan fingerprint density at radius 1 is 1.04 bits per heavy atom. The van der Waals surface area contributed by atoms with Crippen LogP contribution < -0.4 is 15.5 Å². The number of amides is 1. The largest absolute Gasteiger partial charge is 0.376 e. The van der Waals surface area contributed by atoms with Crippen LogP contribution in [0.15, 0.2) is 53.4 Å². The molecule has 0 atom stereocenters. The minimum atomic E-state index is -3.27. The van der Waals surface area contributed by atoms with Crippen LogP contribution in [0.25, 0.3) is 0 Å². The molecule has 7 heteroatoms.